The first-order valence-electron chi connectivity index (χ1n) is 9.60. The van der Waals surface area contributed by atoms with Crippen molar-refractivity contribution in [2.45, 2.75) is 19.6 Å². The fourth-order valence-corrected chi connectivity index (χ4v) is 3.15. The summed E-state index contributed by atoms with van der Waals surface area (Å²) in [6, 6.07) is 22.0. The van der Waals surface area contributed by atoms with Gasteiger partial charge in [0, 0.05) is 19.3 Å². The average Bonchev–Trinajstić information content (AvgIpc) is 2.80. The zero-order valence-electron chi connectivity index (χ0n) is 17.0. The highest BCUT2D eigenvalue weighted by molar-refractivity contribution is 5.89. The maximum atomic E-state index is 13.2. The first-order valence-corrected chi connectivity index (χ1v) is 9.60. The second-order valence-corrected chi connectivity index (χ2v) is 6.90. The van der Waals surface area contributed by atoms with E-state index >= 15 is 0 Å². The van der Waals surface area contributed by atoms with E-state index in [1.165, 1.54) is 19.4 Å². The van der Waals surface area contributed by atoms with Gasteiger partial charge in [0.25, 0.3) is 5.56 Å². The quantitative estimate of drug-likeness (QED) is 0.553. The van der Waals surface area contributed by atoms with Crippen molar-refractivity contribution < 1.29 is 14.3 Å². The lowest BCUT2D eigenvalue weighted by Gasteiger charge is -2.24. The van der Waals surface area contributed by atoms with Crippen LogP contribution in [0.15, 0.2) is 77.7 Å². The van der Waals surface area contributed by atoms with E-state index in [0.717, 1.165) is 15.7 Å². The number of ether oxygens (including phenoxy) is 1. The Morgan fingerprint density at radius 1 is 1.00 bits per heavy atom. The van der Waals surface area contributed by atoms with E-state index in [0.29, 0.717) is 13.1 Å². The number of carbonyl (C=O) groups excluding carboxylic acids is 2. The van der Waals surface area contributed by atoms with Crippen LogP contribution < -0.4 is 5.56 Å². The number of nitriles is 1. The highest BCUT2D eigenvalue weighted by Gasteiger charge is 2.19. The lowest BCUT2D eigenvalue weighted by atomic mass is 10.1. The van der Waals surface area contributed by atoms with E-state index in [2.05, 4.69) is 4.74 Å². The minimum Gasteiger partial charge on any atom is -0.465 e. The lowest BCUT2D eigenvalue weighted by molar-refractivity contribution is -0.133. The summed E-state index contributed by atoms with van der Waals surface area (Å²) >= 11 is 0. The second-order valence-electron chi connectivity index (χ2n) is 6.90. The van der Waals surface area contributed by atoms with Crippen LogP contribution in [0.1, 0.15) is 27.0 Å². The van der Waals surface area contributed by atoms with E-state index in [-0.39, 0.29) is 23.6 Å². The van der Waals surface area contributed by atoms with Gasteiger partial charge in [-0.25, -0.2) is 4.79 Å². The summed E-state index contributed by atoms with van der Waals surface area (Å²) in [7, 11) is 1.20. The van der Waals surface area contributed by atoms with Crippen molar-refractivity contribution in [3.63, 3.8) is 0 Å². The summed E-state index contributed by atoms with van der Waals surface area (Å²) in [5.74, 6) is -1.01. The van der Waals surface area contributed by atoms with E-state index in [1.54, 1.807) is 11.0 Å². The minimum atomic E-state index is -0.692. The third kappa shape index (κ3) is 5.46. The first-order chi connectivity index (χ1) is 15.0. The maximum absolute atomic E-state index is 13.2. The Labute approximate surface area is 179 Å². The van der Waals surface area contributed by atoms with Gasteiger partial charge in [-0.2, -0.15) is 5.26 Å². The van der Waals surface area contributed by atoms with Crippen LogP contribution in [-0.2, 0) is 29.2 Å². The molecule has 7 nitrogen and oxygen atoms in total. The summed E-state index contributed by atoms with van der Waals surface area (Å²) in [5, 5.41) is 9.24. The first kappa shape index (κ1) is 21.5. The largest absolute Gasteiger partial charge is 0.465 e. The molecular weight excluding hydrogens is 394 g/mol. The van der Waals surface area contributed by atoms with Gasteiger partial charge in [0.15, 0.2) is 0 Å². The van der Waals surface area contributed by atoms with Crippen LogP contribution in [0.5, 0.6) is 0 Å². The molecule has 0 unspecified atom stereocenters. The van der Waals surface area contributed by atoms with Gasteiger partial charge in [0.05, 0.1) is 12.7 Å². The predicted molar refractivity (Wildman–Crippen MR) is 114 cm³/mol. The maximum Gasteiger partial charge on any atom is 0.339 e. The summed E-state index contributed by atoms with van der Waals surface area (Å²) in [4.78, 5) is 39.3. The van der Waals surface area contributed by atoms with Crippen LogP contribution in [0, 0.1) is 11.3 Å². The molecule has 156 valence electrons. The van der Waals surface area contributed by atoms with E-state index < -0.39 is 11.5 Å². The molecule has 0 bridgehead atoms. The fraction of sp³-hybridized carbons (Fsp3) is 0.167. The highest BCUT2D eigenvalue weighted by atomic mass is 16.5. The molecule has 7 heteroatoms. The SMILES string of the molecule is COC(=O)c1cc(C#N)c(=O)n(CC(=O)N(Cc2ccccc2)Cc2ccccc2)c1. The zero-order valence-corrected chi connectivity index (χ0v) is 17.0. The molecule has 0 aliphatic rings. The van der Waals surface area contributed by atoms with Gasteiger partial charge in [-0.05, 0) is 17.2 Å². The summed E-state index contributed by atoms with van der Waals surface area (Å²) in [6.07, 6.45) is 1.25. The molecule has 2 aromatic carbocycles. The molecule has 0 spiro atoms. The molecule has 0 atom stereocenters. The van der Waals surface area contributed by atoms with E-state index in [9.17, 15) is 19.6 Å². The Bertz CT molecular complexity index is 1120. The molecular formula is C24H21N3O4. The molecule has 0 saturated heterocycles. The number of esters is 1. The van der Waals surface area contributed by atoms with Crippen molar-refractivity contribution in [1.29, 1.82) is 5.26 Å². The number of hydrogen-bond donors (Lipinski definition) is 0. The third-order valence-corrected chi connectivity index (χ3v) is 4.72. The van der Waals surface area contributed by atoms with Gasteiger partial charge in [-0.15, -0.1) is 0 Å². The van der Waals surface area contributed by atoms with Gasteiger partial charge < -0.3 is 14.2 Å². The molecule has 0 aliphatic carbocycles. The van der Waals surface area contributed by atoms with Gasteiger partial charge in [-0.3, -0.25) is 9.59 Å². The molecule has 1 amide bonds. The zero-order chi connectivity index (χ0) is 22.2. The number of amides is 1. The van der Waals surface area contributed by atoms with Gasteiger partial charge in [0.2, 0.25) is 5.91 Å². The van der Waals surface area contributed by atoms with Crippen LogP contribution in [0.25, 0.3) is 0 Å². The Kier molecular flexibility index (Phi) is 6.97. The molecule has 0 saturated carbocycles. The summed E-state index contributed by atoms with van der Waals surface area (Å²) in [5.41, 5.74) is 1.06. The average molecular weight is 415 g/mol. The van der Waals surface area contributed by atoms with Crippen LogP contribution in [0.3, 0.4) is 0 Å². The number of rotatable bonds is 7. The fourth-order valence-electron chi connectivity index (χ4n) is 3.15. The standard InChI is InChI=1S/C24H21N3O4/c1-31-24(30)21-12-20(13-25)23(29)27(16-21)17-22(28)26(14-18-8-4-2-5-9-18)15-19-10-6-3-7-11-19/h2-12,16H,14-15,17H2,1H3. The van der Waals surface area contributed by atoms with Crippen LogP contribution >= 0.6 is 0 Å². The van der Waals surface area contributed by atoms with Crippen LogP contribution in [0.4, 0.5) is 0 Å². The van der Waals surface area contributed by atoms with Crippen molar-refractivity contribution >= 4 is 11.9 Å². The Balaban J connectivity index is 1.92. The Morgan fingerprint density at radius 3 is 2.03 bits per heavy atom. The molecule has 1 aromatic heterocycles. The topological polar surface area (TPSA) is 92.4 Å². The lowest BCUT2D eigenvalue weighted by Crippen LogP contribution is -2.36. The predicted octanol–water partition coefficient (Wildman–Crippen LogP) is 2.74. The van der Waals surface area contributed by atoms with Crippen molar-refractivity contribution in [2.24, 2.45) is 0 Å². The number of carbonyl (C=O) groups is 2. The molecule has 0 N–H and O–H groups in total. The van der Waals surface area contributed by atoms with Crippen molar-refractivity contribution in [3.05, 3.63) is 106 Å². The van der Waals surface area contributed by atoms with Gasteiger partial charge in [-0.1, -0.05) is 60.7 Å². The smallest absolute Gasteiger partial charge is 0.339 e. The Morgan fingerprint density at radius 2 is 1.55 bits per heavy atom. The van der Waals surface area contributed by atoms with E-state index in [1.807, 2.05) is 60.7 Å². The normalized spacial score (nSPS) is 10.2. The number of benzene rings is 2. The van der Waals surface area contributed by atoms with Gasteiger partial charge >= 0.3 is 5.97 Å². The number of aromatic nitrogens is 1. The molecule has 31 heavy (non-hydrogen) atoms. The number of pyridine rings is 1. The van der Waals surface area contributed by atoms with E-state index in [4.69, 9.17) is 0 Å². The molecule has 3 aromatic rings. The van der Waals surface area contributed by atoms with Crippen molar-refractivity contribution in [3.8, 4) is 6.07 Å². The molecule has 3 rings (SSSR count). The number of nitrogens with zero attached hydrogens (tertiary/aromatic N) is 3. The molecule has 0 fully saturated rings. The van der Waals surface area contributed by atoms with Crippen LogP contribution in [-0.4, -0.2) is 28.5 Å². The monoisotopic (exact) mass is 415 g/mol. The van der Waals surface area contributed by atoms with Crippen molar-refractivity contribution in [1.82, 2.24) is 9.47 Å². The van der Waals surface area contributed by atoms with Gasteiger partial charge in [0.1, 0.15) is 18.2 Å². The van der Waals surface area contributed by atoms with Crippen LogP contribution in [0.2, 0.25) is 0 Å². The molecule has 1 heterocycles. The number of methoxy groups -OCH3 is 1. The minimum absolute atomic E-state index is 0.0316. The third-order valence-electron chi connectivity index (χ3n) is 4.72. The summed E-state index contributed by atoms with van der Waals surface area (Å²) in [6.45, 7) is 0.397. The molecule has 0 aliphatic heterocycles. The second kappa shape index (κ2) is 10.0. The summed E-state index contributed by atoms with van der Waals surface area (Å²) < 4.78 is 5.76. The Hall–Kier alpha value is -4.18. The highest BCUT2D eigenvalue weighted by Crippen LogP contribution is 2.12. The number of hydrogen-bond acceptors (Lipinski definition) is 5. The van der Waals surface area contributed by atoms with Crippen molar-refractivity contribution in [2.75, 3.05) is 7.11 Å². The molecule has 0 radical (unpaired) electrons.